The van der Waals surface area contributed by atoms with Crippen LogP contribution in [0.1, 0.15) is 31.7 Å². The van der Waals surface area contributed by atoms with Gasteiger partial charge in [0.15, 0.2) is 11.5 Å². The molecule has 112 valence electrons. The Morgan fingerprint density at radius 2 is 1.80 bits per heavy atom. The van der Waals surface area contributed by atoms with E-state index in [1.165, 1.54) is 0 Å². The molecule has 1 heterocycles. The largest absolute Gasteiger partial charge is 0.486 e. The van der Waals surface area contributed by atoms with Crippen molar-refractivity contribution < 1.29 is 17.9 Å². The van der Waals surface area contributed by atoms with Crippen molar-refractivity contribution in [1.82, 2.24) is 4.72 Å². The second-order valence-corrected chi connectivity index (χ2v) is 6.60. The van der Waals surface area contributed by atoms with E-state index in [9.17, 15) is 8.42 Å². The van der Waals surface area contributed by atoms with Gasteiger partial charge in [-0.05, 0) is 25.0 Å². The summed E-state index contributed by atoms with van der Waals surface area (Å²) < 4.78 is 38.1. The molecule has 0 atom stereocenters. The zero-order valence-electron chi connectivity index (χ0n) is 11.9. The summed E-state index contributed by atoms with van der Waals surface area (Å²) >= 11 is 0. The van der Waals surface area contributed by atoms with Gasteiger partial charge in [-0.3, -0.25) is 0 Å². The molecule has 1 aromatic rings. The second-order valence-electron chi connectivity index (χ2n) is 4.87. The Kier molecular flexibility index (Phi) is 4.88. The van der Waals surface area contributed by atoms with Crippen LogP contribution in [0.25, 0.3) is 0 Å². The molecule has 0 bridgehead atoms. The molecule has 0 radical (unpaired) electrons. The van der Waals surface area contributed by atoms with E-state index in [2.05, 4.69) is 11.6 Å². The summed E-state index contributed by atoms with van der Waals surface area (Å²) in [7, 11) is -3.49. The summed E-state index contributed by atoms with van der Waals surface area (Å²) in [5.74, 6) is 1.11. The molecule has 2 rings (SSSR count). The fourth-order valence-corrected chi connectivity index (χ4v) is 3.43. The molecule has 5 nitrogen and oxygen atoms in total. The number of nitrogens with one attached hydrogen (secondary N) is 1. The van der Waals surface area contributed by atoms with Crippen LogP contribution in [-0.2, 0) is 10.0 Å². The quantitative estimate of drug-likeness (QED) is 0.818. The molecule has 20 heavy (non-hydrogen) atoms. The number of sulfonamides is 1. The first-order valence-corrected chi connectivity index (χ1v) is 8.43. The molecule has 0 spiro atoms. The first-order valence-electron chi connectivity index (χ1n) is 6.94. The van der Waals surface area contributed by atoms with Gasteiger partial charge in [-0.1, -0.05) is 19.8 Å². The first-order chi connectivity index (χ1) is 9.54. The van der Waals surface area contributed by atoms with Crippen molar-refractivity contribution in [3.63, 3.8) is 0 Å². The van der Waals surface area contributed by atoms with Crippen LogP contribution in [0.4, 0.5) is 0 Å². The Hall–Kier alpha value is -1.27. The predicted molar refractivity (Wildman–Crippen MR) is 76.9 cm³/mol. The smallest absolute Gasteiger partial charge is 0.240 e. The molecular formula is C14H21NO4S. The minimum absolute atomic E-state index is 0.262. The van der Waals surface area contributed by atoms with E-state index in [1.54, 1.807) is 19.1 Å². The SMILES string of the molecule is CCCCCNS(=O)(=O)c1cc2c(cc1C)OCCO2. The van der Waals surface area contributed by atoms with Crippen molar-refractivity contribution in [3.8, 4) is 11.5 Å². The van der Waals surface area contributed by atoms with Crippen LogP contribution in [0.15, 0.2) is 17.0 Å². The molecule has 0 aliphatic carbocycles. The molecule has 1 N–H and O–H groups in total. The predicted octanol–water partition coefficient (Wildman–Crippen LogP) is 2.23. The second kappa shape index (κ2) is 6.45. The van der Waals surface area contributed by atoms with Gasteiger partial charge in [0, 0.05) is 12.6 Å². The number of unbranched alkanes of at least 4 members (excludes halogenated alkanes) is 2. The van der Waals surface area contributed by atoms with Crippen molar-refractivity contribution >= 4 is 10.0 Å². The molecule has 0 saturated carbocycles. The molecular weight excluding hydrogens is 278 g/mol. The topological polar surface area (TPSA) is 64.6 Å². The molecule has 1 aromatic carbocycles. The van der Waals surface area contributed by atoms with Gasteiger partial charge in [0.1, 0.15) is 13.2 Å². The highest BCUT2D eigenvalue weighted by Gasteiger charge is 2.21. The molecule has 1 aliphatic heterocycles. The summed E-state index contributed by atoms with van der Waals surface area (Å²) in [5, 5.41) is 0. The lowest BCUT2D eigenvalue weighted by molar-refractivity contribution is 0.171. The normalized spacial score (nSPS) is 14.3. The molecule has 6 heteroatoms. The Morgan fingerprint density at radius 3 is 2.45 bits per heavy atom. The average molecular weight is 299 g/mol. The van der Waals surface area contributed by atoms with Gasteiger partial charge < -0.3 is 9.47 Å². The van der Waals surface area contributed by atoms with E-state index in [1.807, 2.05) is 0 Å². The van der Waals surface area contributed by atoms with Crippen LogP contribution < -0.4 is 14.2 Å². The monoisotopic (exact) mass is 299 g/mol. The summed E-state index contributed by atoms with van der Waals surface area (Å²) in [6, 6.07) is 3.26. The lowest BCUT2D eigenvalue weighted by atomic mass is 10.2. The van der Waals surface area contributed by atoms with Crippen LogP contribution in [0.5, 0.6) is 11.5 Å². The van der Waals surface area contributed by atoms with Crippen LogP contribution in [0.3, 0.4) is 0 Å². The minimum Gasteiger partial charge on any atom is -0.486 e. The maximum Gasteiger partial charge on any atom is 0.240 e. The van der Waals surface area contributed by atoms with E-state index in [-0.39, 0.29) is 4.90 Å². The number of rotatable bonds is 6. The van der Waals surface area contributed by atoms with E-state index >= 15 is 0 Å². The Balaban J connectivity index is 2.18. The van der Waals surface area contributed by atoms with Crippen LogP contribution in [0, 0.1) is 6.92 Å². The van der Waals surface area contributed by atoms with Crippen molar-refractivity contribution in [2.75, 3.05) is 19.8 Å². The number of hydrogen-bond acceptors (Lipinski definition) is 4. The fourth-order valence-electron chi connectivity index (χ4n) is 2.12. The van der Waals surface area contributed by atoms with Gasteiger partial charge in [-0.15, -0.1) is 0 Å². The summed E-state index contributed by atoms with van der Waals surface area (Å²) in [6.45, 7) is 5.25. The highest BCUT2D eigenvalue weighted by molar-refractivity contribution is 7.89. The van der Waals surface area contributed by atoms with Crippen LogP contribution in [0.2, 0.25) is 0 Å². The van der Waals surface area contributed by atoms with Crippen molar-refractivity contribution in [3.05, 3.63) is 17.7 Å². The van der Waals surface area contributed by atoms with Gasteiger partial charge in [0.2, 0.25) is 10.0 Å². The number of hydrogen-bond donors (Lipinski definition) is 1. The van der Waals surface area contributed by atoms with Gasteiger partial charge >= 0.3 is 0 Å². The van der Waals surface area contributed by atoms with Gasteiger partial charge in [-0.2, -0.15) is 0 Å². The van der Waals surface area contributed by atoms with E-state index in [0.717, 1.165) is 19.3 Å². The zero-order chi connectivity index (χ0) is 14.6. The third kappa shape index (κ3) is 3.43. The summed E-state index contributed by atoms with van der Waals surface area (Å²) in [4.78, 5) is 0.262. The number of benzene rings is 1. The Bertz CT molecular complexity index is 569. The van der Waals surface area contributed by atoms with Gasteiger partial charge in [0.25, 0.3) is 0 Å². The van der Waals surface area contributed by atoms with Crippen molar-refractivity contribution in [2.45, 2.75) is 38.0 Å². The highest BCUT2D eigenvalue weighted by atomic mass is 32.2. The number of ether oxygens (including phenoxy) is 2. The van der Waals surface area contributed by atoms with Crippen molar-refractivity contribution in [1.29, 1.82) is 0 Å². The van der Waals surface area contributed by atoms with Gasteiger partial charge in [0.05, 0.1) is 4.90 Å². The number of aryl methyl sites for hydroxylation is 1. The number of fused-ring (bicyclic) bond motifs is 1. The summed E-state index contributed by atoms with van der Waals surface area (Å²) in [6.07, 6.45) is 2.92. The van der Waals surface area contributed by atoms with Crippen LogP contribution >= 0.6 is 0 Å². The minimum atomic E-state index is -3.49. The van der Waals surface area contributed by atoms with Crippen LogP contribution in [-0.4, -0.2) is 28.2 Å². The molecule has 0 amide bonds. The molecule has 0 saturated heterocycles. The molecule has 0 fully saturated rings. The third-order valence-electron chi connectivity index (χ3n) is 3.20. The standard InChI is InChI=1S/C14H21NO4S/c1-3-4-5-6-15-20(16,17)14-10-13-12(9-11(14)2)18-7-8-19-13/h9-10,15H,3-8H2,1-2H3. The highest BCUT2D eigenvalue weighted by Crippen LogP contribution is 2.34. The molecule has 0 unspecified atom stereocenters. The van der Waals surface area contributed by atoms with Gasteiger partial charge in [-0.25, -0.2) is 13.1 Å². The van der Waals surface area contributed by atoms with E-state index in [4.69, 9.17) is 9.47 Å². The lowest BCUT2D eigenvalue weighted by Crippen LogP contribution is -2.26. The lowest BCUT2D eigenvalue weighted by Gasteiger charge is -2.20. The first kappa shape index (κ1) is 15.1. The average Bonchev–Trinajstić information content (AvgIpc) is 2.43. The third-order valence-corrected chi connectivity index (χ3v) is 4.80. The maximum atomic E-state index is 12.3. The van der Waals surface area contributed by atoms with E-state index in [0.29, 0.717) is 36.8 Å². The zero-order valence-corrected chi connectivity index (χ0v) is 12.8. The van der Waals surface area contributed by atoms with Crippen molar-refractivity contribution in [2.24, 2.45) is 0 Å². The van der Waals surface area contributed by atoms with E-state index < -0.39 is 10.0 Å². The maximum absolute atomic E-state index is 12.3. The fraction of sp³-hybridized carbons (Fsp3) is 0.571. The molecule has 0 aromatic heterocycles. The Morgan fingerprint density at radius 1 is 1.15 bits per heavy atom. The Labute approximate surface area is 120 Å². The molecule has 1 aliphatic rings. The summed E-state index contributed by atoms with van der Waals surface area (Å²) in [5.41, 5.74) is 0.664.